The number of hydrogen-bond donors (Lipinski definition) is 2. The molecule has 0 spiro atoms. The minimum Gasteiger partial charge on any atom is -0.394 e. The third-order valence-corrected chi connectivity index (χ3v) is 2.80. The van der Waals surface area contributed by atoms with Crippen LogP contribution < -0.4 is 5.32 Å². The zero-order valence-corrected chi connectivity index (χ0v) is 11.2. The molecule has 0 heterocycles. The summed E-state index contributed by atoms with van der Waals surface area (Å²) in [5.74, 6) is 0.0376. The molecule has 0 saturated carbocycles. The summed E-state index contributed by atoms with van der Waals surface area (Å²) in [6.07, 6.45) is 3.27. The average Bonchev–Trinajstić information content (AvgIpc) is 2.33. The maximum atomic E-state index is 11.7. The Morgan fingerprint density at radius 1 is 1.44 bits per heavy atom. The summed E-state index contributed by atoms with van der Waals surface area (Å²) in [6.45, 7) is 5.90. The fourth-order valence-corrected chi connectivity index (χ4v) is 1.60. The molecule has 0 aromatic heterocycles. The highest BCUT2D eigenvalue weighted by Crippen LogP contribution is 2.06. The lowest BCUT2D eigenvalue weighted by Crippen LogP contribution is -2.40. The second-order valence-corrected chi connectivity index (χ2v) is 4.79. The van der Waals surface area contributed by atoms with Crippen molar-refractivity contribution in [1.29, 1.82) is 0 Å². The van der Waals surface area contributed by atoms with Crippen LogP contribution in [0.3, 0.4) is 0 Å². The van der Waals surface area contributed by atoms with Crippen molar-refractivity contribution in [3.05, 3.63) is 41.5 Å². The second kappa shape index (κ2) is 6.97. The van der Waals surface area contributed by atoms with E-state index in [0.29, 0.717) is 0 Å². The monoisotopic (exact) mass is 247 g/mol. The van der Waals surface area contributed by atoms with Crippen molar-refractivity contribution in [1.82, 2.24) is 5.32 Å². The van der Waals surface area contributed by atoms with Gasteiger partial charge in [0.15, 0.2) is 0 Å². The number of rotatable bonds is 5. The zero-order valence-electron chi connectivity index (χ0n) is 11.2. The van der Waals surface area contributed by atoms with Crippen molar-refractivity contribution >= 4 is 12.0 Å². The minimum absolute atomic E-state index is 0.0400. The molecule has 0 aliphatic rings. The summed E-state index contributed by atoms with van der Waals surface area (Å²) in [7, 11) is 0. The number of nitrogens with one attached hydrogen (secondary N) is 1. The molecule has 0 saturated heterocycles. The first kappa shape index (κ1) is 14.5. The molecule has 1 amide bonds. The number of carbonyl (C=O) groups is 1. The first-order valence-electron chi connectivity index (χ1n) is 6.19. The van der Waals surface area contributed by atoms with Crippen LogP contribution in [-0.4, -0.2) is 23.7 Å². The Morgan fingerprint density at radius 2 is 2.17 bits per heavy atom. The summed E-state index contributed by atoms with van der Waals surface area (Å²) in [5.41, 5.74) is 2.16. The lowest BCUT2D eigenvalue weighted by Gasteiger charge is -2.18. The normalized spacial score (nSPS) is 12.9. The maximum absolute atomic E-state index is 11.7. The number of aryl methyl sites for hydroxylation is 1. The fraction of sp³-hybridized carbons (Fsp3) is 0.400. The van der Waals surface area contributed by atoms with E-state index in [9.17, 15) is 4.79 Å². The van der Waals surface area contributed by atoms with Crippen molar-refractivity contribution in [2.75, 3.05) is 6.61 Å². The molecular weight excluding hydrogens is 226 g/mol. The predicted molar refractivity (Wildman–Crippen MR) is 74.1 cm³/mol. The summed E-state index contributed by atoms with van der Waals surface area (Å²) >= 11 is 0. The summed E-state index contributed by atoms with van der Waals surface area (Å²) < 4.78 is 0. The third kappa shape index (κ3) is 4.72. The van der Waals surface area contributed by atoms with Crippen LogP contribution in [0.1, 0.15) is 25.0 Å². The molecule has 1 aromatic carbocycles. The predicted octanol–water partition coefficient (Wildman–Crippen LogP) is 2.14. The fourth-order valence-electron chi connectivity index (χ4n) is 1.60. The van der Waals surface area contributed by atoms with E-state index in [-0.39, 0.29) is 24.5 Å². The number of aliphatic hydroxyl groups is 1. The van der Waals surface area contributed by atoms with Gasteiger partial charge in [0.25, 0.3) is 0 Å². The first-order valence-corrected chi connectivity index (χ1v) is 6.19. The molecule has 98 valence electrons. The molecule has 0 fully saturated rings. The van der Waals surface area contributed by atoms with Crippen molar-refractivity contribution in [3.63, 3.8) is 0 Å². The van der Waals surface area contributed by atoms with Gasteiger partial charge in [0, 0.05) is 6.08 Å². The van der Waals surface area contributed by atoms with E-state index in [1.807, 2.05) is 45.0 Å². The van der Waals surface area contributed by atoms with Crippen LogP contribution in [0.15, 0.2) is 30.3 Å². The van der Waals surface area contributed by atoms with Crippen LogP contribution in [0.5, 0.6) is 0 Å². The molecule has 3 heteroatoms. The first-order chi connectivity index (χ1) is 8.52. The molecule has 1 unspecified atom stereocenters. The van der Waals surface area contributed by atoms with Gasteiger partial charge in [-0.1, -0.05) is 43.7 Å². The lowest BCUT2D eigenvalue weighted by molar-refractivity contribution is -0.117. The molecule has 2 N–H and O–H groups in total. The summed E-state index contributed by atoms with van der Waals surface area (Å²) in [6, 6.07) is 7.73. The van der Waals surface area contributed by atoms with E-state index in [4.69, 9.17) is 5.11 Å². The van der Waals surface area contributed by atoms with Crippen LogP contribution in [0, 0.1) is 12.8 Å². The van der Waals surface area contributed by atoms with Crippen molar-refractivity contribution in [2.24, 2.45) is 5.92 Å². The van der Waals surface area contributed by atoms with Crippen LogP contribution in [0.25, 0.3) is 6.08 Å². The highest BCUT2D eigenvalue weighted by molar-refractivity contribution is 5.91. The molecule has 0 aliphatic carbocycles. The highest BCUT2D eigenvalue weighted by Gasteiger charge is 2.12. The largest absolute Gasteiger partial charge is 0.394 e. The van der Waals surface area contributed by atoms with Gasteiger partial charge in [0.05, 0.1) is 12.6 Å². The van der Waals surface area contributed by atoms with Crippen LogP contribution in [0.4, 0.5) is 0 Å². The Morgan fingerprint density at radius 3 is 2.72 bits per heavy atom. The molecule has 1 atom stereocenters. The molecule has 0 bridgehead atoms. The van der Waals surface area contributed by atoms with Crippen molar-refractivity contribution < 1.29 is 9.90 Å². The van der Waals surface area contributed by atoms with Gasteiger partial charge in [-0.05, 0) is 24.5 Å². The van der Waals surface area contributed by atoms with Gasteiger partial charge < -0.3 is 10.4 Å². The SMILES string of the molecule is Cc1cccc(C=CC(=O)NC(CO)C(C)C)c1. The molecule has 1 aromatic rings. The Hall–Kier alpha value is -1.61. The Labute approximate surface area is 109 Å². The molecule has 1 rings (SSSR count). The number of hydrogen-bond acceptors (Lipinski definition) is 2. The highest BCUT2D eigenvalue weighted by atomic mass is 16.3. The smallest absolute Gasteiger partial charge is 0.244 e. The number of carbonyl (C=O) groups excluding carboxylic acids is 1. The topological polar surface area (TPSA) is 49.3 Å². The van der Waals surface area contributed by atoms with Gasteiger partial charge in [-0.3, -0.25) is 4.79 Å². The van der Waals surface area contributed by atoms with Crippen LogP contribution in [0.2, 0.25) is 0 Å². The molecule has 3 nitrogen and oxygen atoms in total. The number of benzene rings is 1. The van der Waals surface area contributed by atoms with Gasteiger partial charge in [-0.15, -0.1) is 0 Å². The van der Waals surface area contributed by atoms with E-state index in [1.54, 1.807) is 6.08 Å². The second-order valence-electron chi connectivity index (χ2n) is 4.79. The van der Waals surface area contributed by atoms with Gasteiger partial charge in [-0.2, -0.15) is 0 Å². The molecular formula is C15H21NO2. The zero-order chi connectivity index (χ0) is 13.5. The number of aliphatic hydroxyl groups excluding tert-OH is 1. The van der Waals surface area contributed by atoms with Gasteiger partial charge in [0.1, 0.15) is 0 Å². The average molecular weight is 247 g/mol. The van der Waals surface area contributed by atoms with E-state index in [0.717, 1.165) is 11.1 Å². The van der Waals surface area contributed by atoms with Gasteiger partial charge in [-0.25, -0.2) is 0 Å². The maximum Gasteiger partial charge on any atom is 0.244 e. The van der Waals surface area contributed by atoms with Crippen molar-refractivity contribution in [3.8, 4) is 0 Å². The Balaban J connectivity index is 2.59. The lowest BCUT2D eigenvalue weighted by atomic mass is 10.1. The number of amides is 1. The summed E-state index contributed by atoms with van der Waals surface area (Å²) in [5, 5.41) is 11.9. The van der Waals surface area contributed by atoms with E-state index < -0.39 is 0 Å². The standard InChI is InChI=1S/C15H21NO2/c1-11(2)14(10-17)16-15(18)8-7-13-6-4-5-12(3)9-13/h4-9,11,14,17H,10H2,1-3H3,(H,16,18). The van der Waals surface area contributed by atoms with Crippen molar-refractivity contribution in [2.45, 2.75) is 26.8 Å². The van der Waals surface area contributed by atoms with Crippen LogP contribution in [-0.2, 0) is 4.79 Å². The van der Waals surface area contributed by atoms with E-state index in [1.165, 1.54) is 6.08 Å². The molecule has 0 radical (unpaired) electrons. The Kier molecular flexibility index (Phi) is 5.59. The van der Waals surface area contributed by atoms with Gasteiger partial charge >= 0.3 is 0 Å². The quantitative estimate of drug-likeness (QED) is 0.783. The van der Waals surface area contributed by atoms with E-state index in [2.05, 4.69) is 5.32 Å². The third-order valence-electron chi connectivity index (χ3n) is 2.80. The minimum atomic E-state index is -0.195. The summed E-state index contributed by atoms with van der Waals surface area (Å²) in [4.78, 5) is 11.7. The van der Waals surface area contributed by atoms with Crippen LogP contribution >= 0.6 is 0 Å². The molecule has 18 heavy (non-hydrogen) atoms. The Bertz CT molecular complexity index is 424. The van der Waals surface area contributed by atoms with E-state index >= 15 is 0 Å². The molecule has 0 aliphatic heterocycles. The van der Waals surface area contributed by atoms with Gasteiger partial charge in [0.2, 0.25) is 5.91 Å².